The van der Waals surface area contributed by atoms with Gasteiger partial charge >= 0.3 is 5.97 Å². The molecule has 0 unspecified atom stereocenters. The molecule has 0 saturated heterocycles. The molecule has 4 nitrogen and oxygen atoms in total. The molecule has 6 heteroatoms. The Kier molecular flexibility index (Phi) is 4.21. The van der Waals surface area contributed by atoms with Gasteiger partial charge in [0.05, 0.1) is 15.9 Å². The van der Waals surface area contributed by atoms with Crippen molar-refractivity contribution in [2.75, 3.05) is 7.05 Å². The second-order valence-electron chi connectivity index (χ2n) is 3.98. The Morgan fingerprint density at radius 1 is 1.50 bits per heavy atom. The van der Waals surface area contributed by atoms with Gasteiger partial charge in [0.2, 0.25) is 0 Å². The van der Waals surface area contributed by atoms with Gasteiger partial charge in [0.1, 0.15) is 12.0 Å². The number of aromatic carboxylic acids is 1. The summed E-state index contributed by atoms with van der Waals surface area (Å²) >= 11 is 5.11. The van der Waals surface area contributed by atoms with E-state index < -0.39 is 5.97 Å². The van der Waals surface area contributed by atoms with Crippen LogP contribution in [-0.4, -0.2) is 23.0 Å². The van der Waals surface area contributed by atoms with Crippen LogP contribution in [-0.2, 0) is 13.1 Å². The van der Waals surface area contributed by atoms with Crippen LogP contribution < -0.4 is 0 Å². The highest BCUT2D eigenvalue weighted by Crippen LogP contribution is 2.23. The third-order valence-electron chi connectivity index (χ3n) is 2.38. The van der Waals surface area contributed by atoms with Gasteiger partial charge in [-0.05, 0) is 41.2 Å². The molecule has 0 aliphatic rings. The zero-order valence-corrected chi connectivity index (χ0v) is 12.1. The molecule has 2 aromatic heterocycles. The first kappa shape index (κ1) is 13.3. The van der Waals surface area contributed by atoms with Crippen molar-refractivity contribution in [1.29, 1.82) is 0 Å². The van der Waals surface area contributed by atoms with Gasteiger partial charge in [0.15, 0.2) is 0 Å². The number of carboxylic acids is 1. The Morgan fingerprint density at radius 3 is 2.83 bits per heavy atom. The van der Waals surface area contributed by atoms with Crippen LogP contribution in [0.2, 0.25) is 0 Å². The van der Waals surface area contributed by atoms with Crippen molar-refractivity contribution in [2.45, 2.75) is 13.1 Å². The van der Waals surface area contributed by atoms with Crippen LogP contribution in [0, 0.1) is 0 Å². The number of halogens is 1. The van der Waals surface area contributed by atoms with Crippen LogP contribution in [0.3, 0.4) is 0 Å². The molecule has 2 heterocycles. The van der Waals surface area contributed by atoms with Crippen molar-refractivity contribution in [3.63, 3.8) is 0 Å². The first-order chi connectivity index (χ1) is 8.54. The van der Waals surface area contributed by atoms with E-state index >= 15 is 0 Å². The van der Waals surface area contributed by atoms with Crippen molar-refractivity contribution in [2.24, 2.45) is 0 Å². The van der Waals surface area contributed by atoms with Gasteiger partial charge in [-0.1, -0.05) is 0 Å². The maximum atomic E-state index is 10.7. The quantitative estimate of drug-likeness (QED) is 0.912. The van der Waals surface area contributed by atoms with Gasteiger partial charge in [0.25, 0.3) is 0 Å². The number of furan rings is 1. The highest BCUT2D eigenvalue weighted by atomic mass is 79.9. The monoisotopic (exact) mass is 329 g/mol. The van der Waals surface area contributed by atoms with Gasteiger partial charge in [0, 0.05) is 11.4 Å². The molecule has 0 amide bonds. The molecular weight excluding hydrogens is 318 g/mol. The number of rotatable bonds is 5. The van der Waals surface area contributed by atoms with E-state index in [2.05, 4.69) is 26.9 Å². The number of hydrogen-bond donors (Lipinski definition) is 1. The standard InChI is InChI=1S/C12H12BrNO3S/c1-14(6-10-2-3-11(13)18-10)5-9-4-8(7-17-9)12(15)16/h2-4,7H,5-6H2,1H3,(H,15,16). The Morgan fingerprint density at radius 2 is 2.28 bits per heavy atom. The topological polar surface area (TPSA) is 53.7 Å². The molecule has 0 fully saturated rings. The first-order valence-electron chi connectivity index (χ1n) is 5.28. The Balaban J connectivity index is 1.94. The van der Waals surface area contributed by atoms with E-state index in [0.29, 0.717) is 12.3 Å². The summed E-state index contributed by atoms with van der Waals surface area (Å²) in [5.41, 5.74) is 0.192. The van der Waals surface area contributed by atoms with Gasteiger partial charge in [-0.25, -0.2) is 4.79 Å². The van der Waals surface area contributed by atoms with E-state index in [0.717, 1.165) is 10.3 Å². The van der Waals surface area contributed by atoms with Crippen LogP contribution in [0.15, 0.2) is 32.7 Å². The fraction of sp³-hybridized carbons (Fsp3) is 0.250. The van der Waals surface area contributed by atoms with Crippen molar-refractivity contribution in [1.82, 2.24) is 4.90 Å². The van der Waals surface area contributed by atoms with E-state index in [1.165, 1.54) is 11.1 Å². The third-order valence-corrected chi connectivity index (χ3v) is 3.99. The molecule has 0 radical (unpaired) electrons. The minimum Gasteiger partial charge on any atom is -0.478 e. The van der Waals surface area contributed by atoms with Crippen molar-refractivity contribution < 1.29 is 14.3 Å². The summed E-state index contributed by atoms with van der Waals surface area (Å²) in [6, 6.07) is 5.64. The maximum absolute atomic E-state index is 10.7. The molecule has 1 N–H and O–H groups in total. The van der Waals surface area contributed by atoms with E-state index in [1.807, 2.05) is 13.1 Å². The van der Waals surface area contributed by atoms with Crippen molar-refractivity contribution >= 4 is 33.2 Å². The molecule has 0 spiro atoms. The van der Waals surface area contributed by atoms with Crippen LogP contribution in [0.1, 0.15) is 21.0 Å². The zero-order chi connectivity index (χ0) is 13.1. The average Bonchev–Trinajstić information content (AvgIpc) is 2.88. The minimum atomic E-state index is -0.963. The maximum Gasteiger partial charge on any atom is 0.338 e. The Labute approximate surface area is 117 Å². The summed E-state index contributed by atoms with van der Waals surface area (Å²) in [6.45, 7) is 1.39. The third kappa shape index (κ3) is 3.44. The summed E-state index contributed by atoms with van der Waals surface area (Å²) in [5, 5.41) is 8.79. The van der Waals surface area contributed by atoms with E-state index in [1.54, 1.807) is 17.4 Å². The van der Waals surface area contributed by atoms with Gasteiger partial charge in [-0.2, -0.15) is 0 Å². The molecule has 0 bridgehead atoms. The molecule has 0 aliphatic carbocycles. The molecule has 2 rings (SSSR count). The number of thiophene rings is 1. The largest absolute Gasteiger partial charge is 0.478 e. The second-order valence-corrected chi connectivity index (χ2v) is 6.53. The highest BCUT2D eigenvalue weighted by molar-refractivity contribution is 9.11. The Bertz CT molecular complexity index is 549. The predicted octanol–water partition coefficient (Wildman–Crippen LogP) is 3.43. The fourth-order valence-electron chi connectivity index (χ4n) is 1.60. The average molecular weight is 330 g/mol. The molecule has 96 valence electrons. The second kappa shape index (κ2) is 5.69. The van der Waals surface area contributed by atoms with Gasteiger partial charge in [-0.3, -0.25) is 4.90 Å². The lowest BCUT2D eigenvalue weighted by Gasteiger charge is -2.13. The van der Waals surface area contributed by atoms with E-state index in [-0.39, 0.29) is 5.56 Å². The molecule has 0 saturated carbocycles. The molecule has 0 aliphatic heterocycles. The van der Waals surface area contributed by atoms with Gasteiger partial charge < -0.3 is 9.52 Å². The van der Waals surface area contributed by atoms with Gasteiger partial charge in [-0.15, -0.1) is 11.3 Å². The first-order valence-corrected chi connectivity index (χ1v) is 6.89. The SMILES string of the molecule is CN(Cc1cc(C(=O)O)co1)Cc1ccc(Br)s1. The lowest BCUT2D eigenvalue weighted by atomic mass is 10.3. The summed E-state index contributed by atoms with van der Waals surface area (Å²) in [5.74, 6) is -0.305. The summed E-state index contributed by atoms with van der Waals surface area (Å²) < 4.78 is 6.32. The molecular formula is C12H12BrNO3S. The summed E-state index contributed by atoms with van der Waals surface area (Å²) in [6.07, 6.45) is 1.27. The predicted molar refractivity (Wildman–Crippen MR) is 72.9 cm³/mol. The van der Waals surface area contributed by atoms with Crippen LogP contribution >= 0.6 is 27.3 Å². The lowest BCUT2D eigenvalue weighted by molar-refractivity contribution is 0.0696. The number of hydrogen-bond acceptors (Lipinski definition) is 4. The summed E-state index contributed by atoms with van der Waals surface area (Å²) in [7, 11) is 1.97. The van der Waals surface area contributed by atoms with Crippen molar-refractivity contribution in [3.8, 4) is 0 Å². The van der Waals surface area contributed by atoms with E-state index in [4.69, 9.17) is 9.52 Å². The van der Waals surface area contributed by atoms with E-state index in [9.17, 15) is 4.79 Å². The normalized spacial score (nSPS) is 11.1. The minimum absolute atomic E-state index is 0.192. The lowest BCUT2D eigenvalue weighted by Crippen LogP contribution is -2.16. The fourth-order valence-corrected chi connectivity index (χ4v) is 3.16. The number of carbonyl (C=O) groups is 1. The smallest absolute Gasteiger partial charge is 0.338 e. The highest BCUT2D eigenvalue weighted by Gasteiger charge is 2.10. The molecule has 2 aromatic rings. The number of carboxylic acid groups (broad SMARTS) is 1. The Hall–Kier alpha value is -1.11. The van der Waals surface area contributed by atoms with Crippen LogP contribution in [0.5, 0.6) is 0 Å². The van der Waals surface area contributed by atoms with Crippen LogP contribution in [0.25, 0.3) is 0 Å². The zero-order valence-electron chi connectivity index (χ0n) is 9.72. The molecule has 18 heavy (non-hydrogen) atoms. The number of nitrogens with zero attached hydrogens (tertiary/aromatic N) is 1. The van der Waals surface area contributed by atoms with Crippen LogP contribution in [0.4, 0.5) is 0 Å². The van der Waals surface area contributed by atoms with Crippen molar-refractivity contribution in [3.05, 3.63) is 44.4 Å². The molecule has 0 atom stereocenters. The summed E-state index contributed by atoms with van der Waals surface area (Å²) in [4.78, 5) is 14.0. The molecule has 0 aromatic carbocycles.